The molecule has 0 spiro atoms. The molecule has 2 rings (SSSR count). The Morgan fingerprint density at radius 2 is 2.00 bits per heavy atom. The first kappa shape index (κ1) is 10.7. The van der Waals surface area contributed by atoms with Crippen LogP contribution in [0.1, 0.15) is 31.7 Å². The molecule has 1 atom stereocenters. The third-order valence-corrected chi connectivity index (χ3v) is 2.95. The van der Waals surface area contributed by atoms with Gasteiger partial charge in [-0.1, -0.05) is 50.1 Å². The number of ether oxygens (including phenoxy) is 1. The van der Waals surface area contributed by atoms with Crippen molar-refractivity contribution in [1.29, 1.82) is 0 Å². The van der Waals surface area contributed by atoms with Gasteiger partial charge in [0.15, 0.2) is 0 Å². The molecule has 0 aromatic heterocycles. The molecule has 0 radical (unpaired) electrons. The van der Waals surface area contributed by atoms with E-state index in [1.807, 2.05) is 6.07 Å². The lowest BCUT2D eigenvalue weighted by molar-refractivity contribution is 0.0878. The van der Waals surface area contributed by atoms with Gasteiger partial charge < -0.3 is 4.74 Å². The van der Waals surface area contributed by atoms with Crippen LogP contribution in [-0.4, -0.2) is 6.61 Å². The first-order valence-electron chi connectivity index (χ1n) is 5.96. The fraction of sp³-hybridized carbons (Fsp3) is 0.571. The lowest BCUT2D eigenvalue weighted by Crippen LogP contribution is -2.06. The van der Waals surface area contributed by atoms with E-state index in [1.54, 1.807) is 0 Å². The van der Waals surface area contributed by atoms with Crippen LogP contribution >= 0.6 is 0 Å². The van der Waals surface area contributed by atoms with Gasteiger partial charge in [0.2, 0.25) is 0 Å². The Labute approximate surface area is 92.5 Å². The highest BCUT2D eigenvalue weighted by atomic mass is 16.5. The second-order valence-corrected chi connectivity index (χ2v) is 4.78. The van der Waals surface area contributed by atoms with E-state index in [9.17, 15) is 0 Å². The molecule has 0 aliphatic heterocycles. The van der Waals surface area contributed by atoms with Crippen LogP contribution in [0.2, 0.25) is 0 Å². The van der Waals surface area contributed by atoms with Crippen LogP contribution in [0.5, 0.6) is 0 Å². The van der Waals surface area contributed by atoms with Gasteiger partial charge in [-0.15, -0.1) is 0 Å². The molecule has 1 aromatic carbocycles. The molecular weight excluding hydrogens is 184 g/mol. The van der Waals surface area contributed by atoms with Crippen molar-refractivity contribution in [1.82, 2.24) is 0 Å². The van der Waals surface area contributed by atoms with Gasteiger partial charge in [-0.3, -0.25) is 0 Å². The Morgan fingerprint density at radius 3 is 2.67 bits per heavy atom. The zero-order valence-corrected chi connectivity index (χ0v) is 9.49. The molecule has 0 saturated heterocycles. The SMILES string of the molecule is CC(COCc1ccccc1)CC1CC1. The molecule has 1 unspecified atom stereocenters. The third kappa shape index (κ3) is 4.05. The van der Waals surface area contributed by atoms with Crippen LogP contribution in [0.4, 0.5) is 0 Å². The van der Waals surface area contributed by atoms with Crippen molar-refractivity contribution in [3.63, 3.8) is 0 Å². The summed E-state index contributed by atoms with van der Waals surface area (Å²) in [5.41, 5.74) is 1.27. The smallest absolute Gasteiger partial charge is 0.0717 e. The largest absolute Gasteiger partial charge is 0.376 e. The first-order valence-corrected chi connectivity index (χ1v) is 5.96. The molecule has 0 N–H and O–H groups in total. The van der Waals surface area contributed by atoms with E-state index in [1.165, 1.54) is 24.8 Å². The fourth-order valence-electron chi connectivity index (χ4n) is 1.94. The van der Waals surface area contributed by atoms with E-state index >= 15 is 0 Å². The van der Waals surface area contributed by atoms with Gasteiger partial charge in [0.25, 0.3) is 0 Å². The van der Waals surface area contributed by atoms with Crippen LogP contribution in [-0.2, 0) is 11.3 Å². The van der Waals surface area contributed by atoms with Crippen LogP contribution in [0, 0.1) is 11.8 Å². The average molecular weight is 204 g/mol. The lowest BCUT2D eigenvalue weighted by Gasteiger charge is -2.11. The van der Waals surface area contributed by atoms with E-state index in [0.29, 0.717) is 0 Å². The Balaban J connectivity index is 1.61. The number of benzene rings is 1. The molecule has 15 heavy (non-hydrogen) atoms. The minimum absolute atomic E-state index is 0.723. The molecule has 0 heterocycles. The minimum atomic E-state index is 0.723. The van der Waals surface area contributed by atoms with Gasteiger partial charge in [0, 0.05) is 6.61 Å². The van der Waals surface area contributed by atoms with Crippen LogP contribution in [0.3, 0.4) is 0 Å². The maximum atomic E-state index is 5.71. The van der Waals surface area contributed by atoms with E-state index in [-0.39, 0.29) is 0 Å². The number of hydrogen-bond acceptors (Lipinski definition) is 1. The van der Waals surface area contributed by atoms with Crippen LogP contribution < -0.4 is 0 Å². The molecule has 1 saturated carbocycles. The van der Waals surface area contributed by atoms with Gasteiger partial charge in [0.05, 0.1) is 6.61 Å². The zero-order chi connectivity index (χ0) is 10.5. The van der Waals surface area contributed by atoms with Crippen LogP contribution in [0.15, 0.2) is 30.3 Å². The van der Waals surface area contributed by atoms with E-state index in [4.69, 9.17) is 4.74 Å². The van der Waals surface area contributed by atoms with Gasteiger partial charge in [0.1, 0.15) is 0 Å². The minimum Gasteiger partial charge on any atom is -0.376 e. The summed E-state index contributed by atoms with van der Waals surface area (Å²) in [5, 5.41) is 0. The summed E-state index contributed by atoms with van der Waals surface area (Å²) in [5.74, 6) is 1.74. The van der Waals surface area contributed by atoms with Gasteiger partial charge in [-0.25, -0.2) is 0 Å². The molecule has 0 amide bonds. The van der Waals surface area contributed by atoms with Crippen molar-refractivity contribution in [2.24, 2.45) is 11.8 Å². The summed E-state index contributed by atoms with van der Waals surface area (Å²) in [7, 11) is 0. The molecule has 1 aliphatic rings. The summed E-state index contributed by atoms with van der Waals surface area (Å²) < 4.78 is 5.71. The molecule has 82 valence electrons. The highest BCUT2D eigenvalue weighted by molar-refractivity contribution is 5.13. The molecule has 1 fully saturated rings. The van der Waals surface area contributed by atoms with Crippen molar-refractivity contribution in [2.75, 3.05) is 6.61 Å². The van der Waals surface area contributed by atoms with Crippen molar-refractivity contribution in [3.8, 4) is 0 Å². The molecule has 1 aromatic rings. The zero-order valence-electron chi connectivity index (χ0n) is 9.49. The quantitative estimate of drug-likeness (QED) is 0.687. The van der Waals surface area contributed by atoms with E-state index < -0.39 is 0 Å². The molecular formula is C14H20O. The van der Waals surface area contributed by atoms with Crippen LogP contribution in [0.25, 0.3) is 0 Å². The summed E-state index contributed by atoms with van der Waals surface area (Å²) in [4.78, 5) is 0. The lowest BCUT2D eigenvalue weighted by atomic mass is 10.1. The summed E-state index contributed by atoms with van der Waals surface area (Å²) in [6.07, 6.45) is 4.25. The topological polar surface area (TPSA) is 9.23 Å². The standard InChI is InChI=1S/C14H20O/c1-12(9-13-7-8-13)10-15-11-14-5-3-2-4-6-14/h2-6,12-13H,7-11H2,1H3. The van der Waals surface area contributed by atoms with Crippen molar-refractivity contribution >= 4 is 0 Å². The maximum Gasteiger partial charge on any atom is 0.0717 e. The number of hydrogen-bond donors (Lipinski definition) is 0. The predicted molar refractivity (Wildman–Crippen MR) is 62.6 cm³/mol. The Hall–Kier alpha value is -0.820. The maximum absolute atomic E-state index is 5.71. The highest BCUT2D eigenvalue weighted by Crippen LogP contribution is 2.35. The average Bonchev–Trinajstić information content (AvgIpc) is 3.03. The van der Waals surface area contributed by atoms with Crippen molar-refractivity contribution < 1.29 is 4.74 Å². The Kier molecular flexibility index (Phi) is 3.79. The van der Waals surface area contributed by atoms with Gasteiger partial charge in [-0.2, -0.15) is 0 Å². The molecule has 1 nitrogen and oxygen atoms in total. The van der Waals surface area contributed by atoms with E-state index in [0.717, 1.165) is 25.0 Å². The summed E-state index contributed by atoms with van der Waals surface area (Å²) >= 11 is 0. The van der Waals surface area contributed by atoms with Gasteiger partial charge in [-0.05, 0) is 23.8 Å². The highest BCUT2D eigenvalue weighted by Gasteiger charge is 2.23. The summed E-state index contributed by atoms with van der Waals surface area (Å²) in [6, 6.07) is 10.4. The molecule has 1 aliphatic carbocycles. The third-order valence-electron chi connectivity index (χ3n) is 2.95. The molecule has 1 heteroatoms. The first-order chi connectivity index (χ1) is 7.34. The fourth-order valence-corrected chi connectivity index (χ4v) is 1.94. The van der Waals surface area contributed by atoms with E-state index in [2.05, 4.69) is 31.2 Å². The summed E-state index contributed by atoms with van der Waals surface area (Å²) in [6.45, 7) is 3.96. The second kappa shape index (κ2) is 5.32. The Morgan fingerprint density at radius 1 is 1.27 bits per heavy atom. The normalized spacial score (nSPS) is 17.7. The van der Waals surface area contributed by atoms with Gasteiger partial charge >= 0.3 is 0 Å². The molecule has 0 bridgehead atoms. The monoisotopic (exact) mass is 204 g/mol. The van der Waals surface area contributed by atoms with Crippen molar-refractivity contribution in [2.45, 2.75) is 32.8 Å². The number of rotatable bonds is 6. The predicted octanol–water partition coefficient (Wildman–Crippen LogP) is 3.64. The second-order valence-electron chi connectivity index (χ2n) is 4.78. The van der Waals surface area contributed by atoms with Crippen molar-refractivity contribution in [3.05, 3.63) is 35.9 Å². The Bertz CT molecular complexity index is 277.